The van der Waals surface area contributed by atoms with Gasteiger partial charge in [0.15, 0.2) is 0 Å². The predicted molar refractivity (Wildman–Crippen MR) is 57.5 cm³/mol. The van der Waals surface area contributed by atoms with E-state index in [-0.39, 0.29) is 5.82 Å². The molecule has 0 bridgehead atoms. The van der Waals surface area contributed by atoms with Gasteiger partial charge in [-0.05, 0) is 30.7 Å². The van der Waals surface area contributed by atoms with Gasteiger partial charge in [-0.1, -0.05) is 20.3 Å². The van der Waals surface area contributed by atoms with Crippen LogP contribution in [0.25, 0.3) is 0 Å². The van der Waals surface area contributed by atoms with Crippen molar-refractivity contribution in [2.45, 2.75) is 26.8 Å². The molecule has 3 heteroatoms. The third kappa shape index (κ3) is 3.96. The van der Waals surface area contributed by atoms with Crippen LogP contribution < -0.4 is 5.32 Å². The molecule has 0 aliphatic carbocycles. The summed E-state index contributed by atoms with van der Waals surface area (Å²) >= 11 is 0. The van der Waals surface area contributed by atoms with Gasteiger partial charge < -0.3 is 5.32 Å². The Bertz CT molecular complexity index is 312. The van der Waals surface area contributed by atoms with E-state index in [1.807, 2.05) is 0 Å². The van der Waals surface area contributed by atoms with Crippen LogP contribution in [0.3, 0.4) is 0 Å². The Morgan fingerprint density at radius 2 is 2.07 bits per heavy atom. The van der Waals surface area contributed by atoms with Crippen LogP contribution in [-0.4, -0.2) is 6.54 Å². The summed E-state index contributed by atoms with van der Waals surface area (Å²) in [5.74, 6) is -0.189. The molecule has 0 heterocycles. The number of hydrogen-bond acceptors (Lipinski definition) is 1. The average molecular weight is 213 g/mol. The predicted octanol–water partition coefficient (Wildman–Crippen LogP) is 3.10. The minimum Gasteiger partial charge on any atom is -0.312 e. The minimum absolute atomic E-state index is 0.354. The Balaban J connectivity index is 2.46. The maximum atomic E-state index is 13.2. The van der Waals surface area contributed by atoms with Crippen molar-refractivity contribution in [2.75, 3.05) is 6.54 Å². The molecular weight excluding hydrogens is 196 g/mol. The Morgan fingerprint density at radius 1 is 1.33 bits per heavy atom. The van der Waals surface area contributed by atoms with E-state index >= 15 is 0 Å². The summed E-state index contributed by atoms with van der Waals surface area (Å²) in [5, 5.41) is 3.11. The van der Waals surface area contributed by atoms with Gasteiger partial charge in [0.05, 0.1) is 0 Å². The molecule has 0 amide bonds. The molecule has 1 rings (SSSR count). The summed E-state index contributed by atoms with van der Waals surface area (Å²) in [6.45, 7) is 5.43. The lowest BCUT2D eigenvalue weighted by atomic mass is 10.1. The summed E-state index contributed by atoms with van der Waals surface area (Å²) in [4.78, 5) is 0. The third-order valence-corrected chi connectivity index (χ3v) is 2.51. The van der Waals surface area contributed by atoms with E-state index in [0.717, 1.165) is 25.1 Å². The number of rotatable bonds is 5. The van der Waals surface area contributed by atoms with Crippen LogP contribution in [0.4, 0.5) is 8.78 Å². The fraction of sp³-hybridized carbons (Fsp3) is 0.500. The van der Waals surface area contributed by atoms with E-state index in [2.05, 4.69) is 19.2 Å². The molecule has 0 unspecified atom stereocenters. The monoisotopic (exact) mass is 213 g/mol. The average Bonchev–Trinajstić information content (AvgIpc) is 2.23. The van der Waals surface area contributed by atoms with Crippen LogP contribution >= 0.6 is 0 Å². The molecule has 0 saturated heterocycles. The molecule has 0 aliphatic rings. The van der Waals surface area contributed by atoms with Gasteiger partial charge in [0.2, 0.25) is 0 Å². The van der Waals surface area contributed by atoms with Crippen molar-refractivity contribution in [2.24, 2.45) is 5.92 Å². The third-order valence-electron chi connectivity index (χ3n) is 2.51. The zero-order valence-electron chi connectivity index (χ0n) is 9.19. The zero-order chi connectivity index (χ0) is 11.3. The van der Waals surface area contributed by atoms with E-state index in [1.165, 1.54) is 6.07 Å². The smallest absolute Gasteiger partial charge is 0.127 e. The number of halogens is 2. The Labute approximate surface area is 89.5 Å². The highest BCUT2D eigenvalue weighted by Crippen LogP contribution is 2.09. The largest absolute Gasteiger partial charge is 0.312 e. The lowest BCUT2D eigenvalue weighted by Gasteiger charge is -2.10. The lowest BCUT2D eigenvalue weighted by molar-refractivity contribution is 0.490. The highest BCUT2D eigenvalue weighted by Gasteiger charge is 2.04. The summed E-state index contributed by atoms with van der Waals surface area (Å²) in [6, 6.07) is 3.53. The molecule has 0 saturated carbocycles. The van der Waals surface area contributed by atoms with Crippen LogP contribution in [0.2, 0.25) is 0 Å². The summed E-state index contributed by atoms with van der Waals surface area (Å²) in [7, 11) is 0. The van der Waals surface area contributed by atoms with Crippen molar-refractivity contribution >= 4 is 0 Å². The molecule has 0 radical (unpaired) electrons. The Morgan fingerprint density at radius 3 is 2.73 bits per heavy atom. The molecule has 15 heavy (non-hydrogen) atoms. The first-order valence-electron chi connectivity index (χ1n) is 5.28. The molecular formula is C12H17F2N. The van der Waals surface area contributed by atoms with E-state index in [4.69, 9.17) is 0 Å². The molecule has 0 spiro atoms. The second-order valence-electron chi connectivity index (χ2n) is 3.88. The van der Waals surface area contributed by atoms with Gasteiger partial charge >= 0.3 is 0 Å². The summed E-state index contributed by atoms with van der Waals surface area (Å²) in [6.07, 6.45) is 1.08. The normalized spacial score (nSPS) is 12.8. The number of nitrogens with one attached hydrogen (secondary N) is 1. The second kappa shape index (κ2) is 5.81. The van der Waals surface area contributed by atoms with Crippen molar-refractivity contribution in [3.8, 4) is 0 Å². The maximum Gasteiger partial charge on any atom is 0.127 e. The van der Waals surface area contributed by atoms with Crippen molar-refractivity contribution in [1.29, 1.82) is 0 Å². The topological polar surface area (TPSA) is 12.0 Å². The minimum atomic E-state index is -0.392. The second-order valence-corrected chi connectivity index (χ2v) is 3.88. The maximum absolute atomic E-state index is 13.2. The molecule has 1 aromatic carbocycles. The van der Waals surface area contributed by atoms with Crippen LogP contribution in [0, 0.1) is 17.6 Å². The SMILES string of the molecule is CC[C@H](C)CNCc1cc(F)ccc1F. The van der Waals surface area contributed by atoms with Crippen molar-refractivity contribution in [1.82, 2.24) is 5.32 Å². The summed E-state index contributed by atoms with van der Waals surface area (Å²) < 4.78 is 26.0. The van der Waals surface area contributed by atoms with Crippen molar-refractivity contribution in [3.63, 3.8) is 0 Å². The lowest BCUT2D eigenvalue weighted by Crippen LogP contribution is -2.20. The van der Waals surface area contributed by atoms with Gasteiger partial charge in [-0.25, -0.2) is 8.78 Å². The van der Waals surface area contributed by atoms with Gasteiger partial charge in [-0.15, -0.1) is 0 Å². The molecule has 0 aromatic heterocycles. The van der Waals surface area contributed by atoms with Crippen LogP contribution in [0.1, 0.15) is 25.8 Å². The van der Waals surface area contributed by atoms with Crippen LogP contribution in [-0.2, 0) is 6.54 Å². The highest BCUT2D eigenvalue weighted by molar-refractivity contribution is 5.18. The fourth-order valence-electron chi connectivity index (χ4n) is 1.28. The van der Waals surface area contributed by atoms with E-state index in [9.17, 15) is 8.78 Å². The van der Waals surface area contributed by atoms with Crippen molar-refractivity contribution < 1.29 is 8.78 Å². The standard InChI is InChI=1S/C12H17F2N/c1-3-9(2)7-15-8-10-6-11(13)4-5-12(10)14/h4-6,9,15H,3,7-8H2,1-2H3/t9-/m0/s1. The first-order valence-corrected chi connectivity index (χ1v) is 5.28. The van der Waals surface area contributed by atoms with E-state index in [1.54, 1.807) is 0 Å². The van der Waals surface area contributed by atoms with Crippen LogP contribution in [0.5, 0.6) is 0 Å². The zero-order valence-corrected chi connectivity index (χ0v) is 9.19. The van der Waals surface area contributed by atoms with E-state index in [0.29, 0.717) is 18.0 Å². The number of hydrogen-bond donors (Lipinski definition) is 1. The first-order chi connectivity index (χ1) is 7.13. The molecule has 1 nitrogen and oxygen atoms in total. The van der Waals surface area contributed by atoms with Gasteiger partial charge in [0.25, 0.3) is 0 Å². The Kier molecular flexibility index (Phi) is 4.69. The van der Waals surface area contributed by atoms with Gasteiger partial charge in [0, 0.05) is 12.1 Å². The quantitative estimate of drug-likeness (QED) is 0.792. The molecule has 1 aromatic rings. The van der Waals surface area contributed by atoms with Gasteiger partial charge in [-0.2, -0.15) is 0 Å². The molecule has 1 atom stereocenters. The van der Waals surface area contributed by atoms with Crippen LogP contribution in [0.15, 0.2) is 18.2 Å². The fourth-order valence-corrected chi connectivity index (χ4v) is 1.28. The van der Waals surface area contributed by atoms with Crippen molar-refractivity contribution in [3.05, 3.63) is 35.4 Å². The molecule has 84 valence electrons. The van der Waals surface area contributed by atoms with E-state index < -0.39 is 5.82 Å². The molecule has 0 fully saturated rings. The van der Waals surface area contributed by atoms with Gasteiger partial charge in [0.1, 0.15) is 11.6 Å². The summed E-state index contributed by atoms with van der Waals surface area (Å²) in [5.41, 5.74) is 0.387. The molecule has 1 N–H and O–H groups in total. The first kappa shape index (κ1) is 12.1. The van der Waals surface area contributed by atoms with Gasteiger partial charge in [-0.3, -0.25) is 0 Å². The number of benzene rings is 1. The molecule has 0 aliphatic heterocycles. The Hall–Kier alpha value is -0.960. The highest BCUT2D eigenvalue weighted by atomic mass is 19.1.